The van der Waals surface area contributed by atoms with Gasteiger partial charge in [-0.2, -0.15) is 13.2 Å². The molecule has 10 heteroatoms. The van der Waals surface area contributed by atoms with Gasteiger partial charge in [0.25, 0.3) is 0 Å². The van der Waals surface area contributed by atoms with Gasteiger partial charge in [0.2, 0.25) is 0 Å². The first-order chi connectivity index (χ1) is 11.7. The second kappa shape index (κ2) is 7.32. The topological polar surface area (TPSA) is 65.1 Å². The molecular weight excluding hydrogens is 367 g/mol. The van der Waals surface area contributed by atoms with Crippen LogP contribution in [0.2, 0.25) is 5.02 Å². The molecule has 2 rings (SSSR count). The van der Waals surface area contributed by atoms with Crippen LogP contribution in [-0.4, -0.2) is 39.5 Å². The van der Waals surface area contributed by atoms with E-state index >= 15 is 0 Å². The summed E-state index contributed by atoms with van der Waals surface area (Å²) < 4.78 is 53.6. The Hall–Kier alpha value is -2.26. The summed E-state index contributed by atoms with van der Waals surface area (Å²) in [6, 6.07) is 3.20. The maximum Gasteiger partial charge on any atom is 0.417 e. The highest BCUT2D eigenvalue weighted by Gasteiger charge is 2.37. The lowest BCUT2D eigenvalue weighted by atomic mass is 10.1. The zero-order valence-corrected chi connectivity index (χ0v) is 13.9. The van der Waals surface area contributed by atoms with Crippen molar-refractivity contribution in [3.8, 4) is 0 Å². The molecule has 0 aromatic heterocycles. The van der Waals surface area contributed by atoms with Gasteiger partial charge in [-0.15, -0.1) is 0 Å². The quantitative estimate of drug-likeness (QED) is 0.752. The molecule has 1 aromatic rings. The predicted octanol–water partition coefficient (Wildman–Crippen LogP) is 2.75. The first kappa shape index (κ1) is 19.1. The number of hydrogen-bond donors (Lipinski definition) is 0. The lowest BCUT2D eigenvalue weighted by molar-refractivity contribution is -0.140. The van der Waals surface area contributed by atoms with Crippen LogP contribution < -0.4 is 4.90 Å². The van der Waals surface area contributed by atoms with Gasteiger partial charge >= 0.3 is 18.1 Å². The zero-order valence-electron chi connectivity index (χ0n) is 13.1. The number of carbonyl (C=O) groups excluding carboxylic acids is 2. The number of benzene rings is 1. The van der Waals surface area contributed by atoms with Gasteiger partial charge in [-0.1, -0.05) is 17.7 Å². The van der Waals surface area contributed by atoms with Gasteiger partial charge in [-0.3, -0.25) is 0 Å². The van der Waals surface area contributed by atoms with Gasteiger partial charge < -0.3 is 19.1 Å². The van der Waals surface area contributed by atoms with Crippen LogP contribution in [0.4, 0.5) is 18.9 Å². The summed E-state index contributed by atoms with van der Waals surface area (Å²) in [5, 5.41) is -0.633. The third-order valence-electron chi connectivity index (χ3n) is 3.41. The zero-order chi connectivity index (χ0) is 18.8. The molecule has 25 heavy (non-hydrogen) atoms. The molecule has 0 radical (unpaired) electrons. The molecule has 1 heterocycles. The van der Waals surface area contributed by atoms with Gasteiger partial charge in [0.05, 0.1) is 42.7 Å². The van der Waals surface area contributed by atoms with Gasteiger partial charge in [0.15, 0.2) is 0 Å². The molecule has 0 bridgehead atoms. The summed E-state index contributed by atoms with van der Waals surface area (Å²) in [5.74, 6) is -1.80. The lowest BCUT2D eigenvalue weighted by Gasteiger charge is -2.32. The Balaban J connectivity index is 2.65. The fourth-order valence-electron chi connectivity index (χ4n) is 2.28. The van der Waals surface area contributed by atoms with Crippen LogP contribution >= 0.6 is 11.6 Å². The Morgan fingerprint density at radius 1 is 1.20 bits per heavy atom. The number of ether oxygens (including phenoxy) is 3. The third-order valence-corrected chi connectivity index (χ3v) is 3.80. The Bertz CT molecular complexity index is 732. The smallest absolute Gasteiger partial charge is 0.417 e. The number of anilines is 1. The average molecular weight is 380 g/mol. The van der Waals surface area contributed by atoms with Crippen LogP contribution in [0, 0.1) is 0 Å². The summed E-state index contributed by atoms with van der Waals surface area (Å²) >= 11 is 5.89. The summed E-state index contributed by atoms with van der Waals surface area (Å²) in [7, 11) is 2.17. The minimum Gasteiger partial charge on any atom is -0.466 e. The van der Waals surface area contributed by atoms with Crippen molar-refractivity contribution >= 4 is 29.2 Å². The number of alkyl halides is 3. The van der Waals surface area contributed by atoms with Crippen LogP contribution in [0.5, 0.6) is 0 Å². The second-order valence-corrected chi connectivity index (χ2v) is 5.23. The molecule has 1 aromatic carbocycles. The fraction of sp³-hybridized carbons (Fsp3) is 0.333. The van der Waals surface area contributed by atoms with Gasteiger partial charge in [-0.05, 0) is 12.1 Å². The Morgan fingerprint density at radius 3 is 2.40 bits per heavy atom. The maximum absolute atomic E-state index is 13.1. The van der Waals surface area contributed by atoms with E-state index in [2.05, 4.69) is 9.47 Å². The molecule has 0 atom stereocenters. The van der Waals surface area contributed by atoms with Gasteiger partial charge in [0, 0.05) is 0 Å². The summed E-state index contributed by atoms with van der Waals surface area (Å²) in [5.41, 5.74) is -1.71. The molecule has 0 fully saturated rings. The normalized spacial score (nSPS) is 15.2. The second-order valence-electron chi connectivity index (χ2n) is 4.85. The summed E-state index contributed by atoms with van der Waals surface area (Å²) in [4.78, 5) is 25.0. The van der Waals surface area contributed by atoms with Crippen molar-refractivity contribution in [3.05, 3.63) is 40.1 Å². The molecule has 0 aliphatic carbocycles. The number of esters is 2. The number of carbonyl (C=O) groups is 2. The molecule has 136 valence electrons. The molecule has 0 N–H and O–H groups in total. The van der Waals surface area contributed by atoms with E-state index in [1.54, 1.807) is 0 Å². The largest absolute Gasteiger partial charge is 0.466 e. The highest BCUT2D eigenvalue weighted by Crippen LogP contribution is 2.41. The van der Waals surface area contributed by atoms with Crippen LogP contribution in [-0.2, 0) is 30.0 Å². The van der Waals surface area contributed by atoms with Crippen molar-refractivity contribution in [3.63, 3.8) is 0 Å². The van der Waals surface area contributed by atoms with E-state index in [0.29, 0.717) is 0 Å². The van der Waals surface area contributed by atoms with Crippen LogP contribution in [0.1, 0.15) is 5.56 Å². The fourth-order valence-corrected chi connectivity index (χ4v) is 2.62. The maximum atomic E-state index is 13.1. The van der Waals surface area contributed by atoms with Crippen LogP contribution in [0.3, 0.4) is 0 Å². The van der Waals surface area contributed by atoms with Crippen molar-refractivity contribution in [2.75, 3.05) is 32.5 Å². The Morgan fingerprint density at radius 2 is 1.84 bits per heavy atom. The molecule has 1 aliphatic heterocycles. The standard InChI is InChI=1S/C15H13ClF3NO5/c1-23-13(21)8-6-25-7-20(12(8)14(22)24-2)10-5-3-4-9(11(10)16)15(17,18)19/h3-5H,6-7H2,1-2H3. The summed E-state index contributed by atoms with van der Waals surface area (Å²) in [6.45, 7) is -0.559. The number of hydrogen-bond acceptors (Lipinski definition) is 6. The van der Waals surface area contributed by atoms with E-state index < -0.39 is 28.7 Å². The van der Waals surface area contributed by atoms with Crippen molar-refractivity contribution in [1.82, 2.24) is 0 Å². The number of halogens is 4. The van der Waals surface area contributed by atoms with Gasteiger partial charge in [0.1, 0.15) is 12.4 Å². The minimum absolute atomic E-state index is 0.155. The van der Waals surface area contributed by atoms with Crippen LogP contribution in [0.15, 0.2) is 29.5 Å². The molecule has 1 aliphatic rings. The molecule has 0 amide bonds. The lowest BCUT2D eigenvalue weighted by Crippen LogP contribution is -2.39. The minimum atomic E-state index is -4.69. The van der Waals surface area contributed by atoms with Gasteiger partial charge in [-0.25, -0.2) is 9.59 Å². The Kier molecular flexibility index (Phi) is 5.58. The SMILES string of the molecule is COC(=O)C1=C(C(=O)OC)N(c2cccc(C(F)(F)F)c2Cl)COC1. The van der Waals surface area contributed by atoms with E-state index in [-0.39, 0.29) is 30.3 Å². The van der Waals surface area contributed by atoms with E-state index in [4.69, 9.17) is 16.3 Å². The molecule has 0 saturated carbocycles. The van der Waals surface area contributed by atoms with Crippen molar-refractivity contribution in [2.24, 2.45) is 0 Å². The van der Waals surface area contributed by atoms with E-state index in [1.807, 2.05) is 0 Å². The van der Waals surface area contributed by atoms with Crippen molar-refractivity contribution in [1.29, 1.82) is 0 Å². The number of methoxy groups -OCH3 is 2. The van der Waals surface area contributed by atoms with Crippen LogP contribution in [0.25, 0.3) is 0 Å². The Labute approximate surface area is 145 Å². The van der Waals surface area contributed by atoms with E-state index in [9.17, 15) is 22.8 Å². The third kappa shape index (κ3) is 3.72. The highest BCUT2D eigenvalue weighted by molar-refractivity contribution is 6.34. The first-order valence-electron chi connectivity index (χ1n) is 6.83. The number of nitrogens with zero attached hydrogens (tertiary/aromatic N) is 1. The summed E-state index contributed by atoms with van der Waals surface area (Å²) in [6.07, 6.45) is -4.69. The number of rotatable bonds is 3. The molecule has 0 saturated heterocycles. The first-order valence-corrected chi connectivity index (χ1v) is 7.21. The molecule has 6 nitrogen and oxygen atoms in total. The van der Waals surface area contributed by atoms with E-state index in [0.717, 1.165) is 31.3 Å². The predicted molar refractivity (Wildman–Crippen MR) is 80.8 cm³/mol. The van der Waals surface area contributed by atoms with E-state index in [1.165, 1.54) is 6.07 Å². The molecule has 0 spiro atoms. The van der Waals surface area contributed by atoms with Crippen molar-refractivity contribution in [2.45, 2.75) is 6.18 Å². The molecular formula is C15H13ClF3NO5. The average Bonchev–Trinajstić information content (AvgIpc) is 2.58. The van der Waals surface area contributed by atoms with Crippen molar-refractivity contribution < 1.29 is 37.0 Å². The monoisotopic (exact) mass is 379 g/mol. The molecule has 0 unspecified atom stereocenters. The highest BCUT2D eigenvalue weighted by atomic mass is 35.5.